The van der Waals surface area contributed by atoms with Gasteiger partial charge in [0.2, 0.25) is 5.82 Å². The van der Waals surface area contributed by atoms with E-state index in [1.807, 2.05) is 97.1 Å². The van der Waals surface area contributed by atoms with E-state index >= 15 is 0 Å². The minimum Gasteiger partial charge on any atom is -0.488 e. The van der Waals surface area contributed by atoms with Gasteiger partial charge in [-0.15, -0.1) is 0 Å². The quantitative estimate of drug-likeness (QED) is 0.159. The number of rotatable bonds is 6. The molecule has 0 amide bonds. The minimum absolute atomic E-state index is 0.300. The highest BCUT2D eigenvalue weighted by molar-refractivity contribution is 9.11. The van der Waals surface area contributed by atoms with Crippen LogP contribution in [0, 0.1) is 0 Å². The lowest BCUT2D eigenvalue weighted by atomic mass is 10.0. The fraction of sp³-hybridized carbons (Fsp3) is 0.0294. The van der Waals surface area contributed by atoms with Gasteiger partial charge in [-0.05, 0) is 65.4 Å². The van der Waals surface area contributed by atoms with Crippen molar-refractivity contribution >= 4 is 86.6 Å². The lowest BCUT2D eigenvalue weighted by molar-refractivity contribution is 0.305. The number of nitrogens with zero attached hydrogens (tertiary/aromatic N) is 3. The Balaban J connectivity index is 1.38. The van der Waals surface area contributed by atoms with Crippen LogP contribution in [0.3, 0.4) is 0 Å². The van der Waals surface area contributed by atoms with Crippen LogP contribution in [0.1, 0.15) is 11.1 Å². The van der Waals surface area contributed by atoms with Crippen LogP contribution >= 0.6 is 47.8 Å². The molecule has 0 saturated heterocycles. The Hall–Kier alpha value is -4.05. The molecule has 0 fully saturated rings. The van der Waals surface area contributed by atoms with E-state index in [0.717, 1.165) is 40.7 Å². The second-order valence-electron chi connectivity index (χ2n) is 9.83. The topological polar surface area (TPSA) is 69.6 Å². The maximum absolute atomic E-state index is 13.9. The van der Waals surface area contributed by atoms with E-state index in [1.54, 1.807) is 12.3 Å². The standard InChI is InChI=1S/C34H20Br3N3O3/c35-23-12-14-30-22(15-23)16-32(43-30)33-39-29-8-4-3-7-26(29)34(41)40(33)38-18-27-25-6-2-1-5-20(25)10-13-31(27)42-19-21-9-11-24(36)17-28(21)37/h1-18H,19H2. The average molecular weight is 758 g/mol. The van der Waals surface area contributed by atoms with Gasteiger partial charge in [0.1, 0.15) is 17.9 Å². The third-order valence-electron chi connectivity index (χ3n) is 7.08. The van der Waals surface area contributed by atoms with Crippen molar-refractivity contribution in [3.05, 3.63) is 138 Å². The SMILES string of the molecule is O=c1c2ccccc2nc(-c2cc3cc(Br)ccc3o2)n1N=Cc1c(OCc2ccc(Br)cc2Br)ccc2ccccc12. The Morgan fingerprint density at radius 3 is 2.44 bits per heavy atom. The normalized spacial score (nSPS) is 11.7. The largest absolute Gasteiger partial charge is 0.488 e. The fourth-order valence-electron chi connectivity index (χ4n) is 4.96. The summed E-state index contributed by atoms with van der Waals surface area (Å²) in [6.07, 6.45) is 1.66. The molecule has 0 radical (unpaired) electrons. The molecule has 6 nitrogen and oxygen atoms in total. The highest BCUT2D eigenvalue weighted by atomic mass is 79.9. The van der Waals surface area contributed by atoms with E-state index in [0.29, 0.717) is 40.4 Å². The summed E-state index contributed by atoms with van der Waals surface area (Å²) in [6, 6.07) is 32.7. The summed E-state index contributed by atoms with van der Waals surface area (Å²) in [5.74, 6) is 1.37. The third-order valence-corrected chi connectivity index (χ3v) is 8.81. The summed E-state index contributed by atoms with van der Waals surface area (Å²) in [7, 11) is 0. The van der Waals surface area contributed by atoms with Gasteiger partial charge in [0, 0.05) is 29.9 Å². The molecule has 210 valence electrons. The first-order valence-electron chi connectivity index (χ1n) is 13.3. The van der Waals surface area contributed by atoms with Crippen LogP contribution in [-0.2, 0) is 6.61 Å². The molecule has 7 rings (SSSR count). The van der Waals surface area contributed by atoms with E-state index in [1.165, 1.54) is 4.68 Å². The third kappa shape index (κ3) is 5.44. The van der Waals surface area contributed by atoms with Crippen LogP contribution in [0.4, 0.5) is 0 Å². The lowest BCUT2D eigenvalue weighted by Crippen LogP contribution is -2.20. The highest BCUT2D eigenvalue weighted by Gasteiger charge is 2.17. The van der Waals surface area contributed by atoms with Crippen molar-refractivity contribution in [3.8, 4) is 17.3 Å². The Morgan fingerprint density at radius 2 is 1.58 bits per heavy atom. The highest BCUT2D eigenvalue weighted by Crippen LogP contribution is 2.31. The zero-order valence-electron chi connectivity index (χ0n) is 22.3. The molecule has 0 bridgehead atoms. The Kier molecular flexibility index (Phi) is 7.46. The van der Waals surface area contributed by atoms with Gasteiger partial charge in [0.05, 0.1) is 17.1 Å². The van der Waals surface area contributed by atoms with E-state index < -0.39 is 0 Å². The van der Waals surface area contributed by atoms with Crippen LogP contribution < -0.4 is 10.3 Å². The number of hydrogen-bond donors (Lipinski definition) is 0. The van der Waals surface area contributed by atoms with E-state index in [-0.39, 0.29) is 5.56 Å². The summed E-state index contributed by atoms with van der Waals surface area (Å²) in [5, 5.41) is 8.03. The second-order valence-corrected chi connectivity index (χ2v) is 12.5. The monoisotopic (exact) mass is 755 g/mol. The Bertz CT molecular complexity index is 2270. The number of halogens is 3. The molecule has 0 N–H and O–H groups in total. The van der Waals surface area contributed by atoms with Crippen molar-refractivity contribution in [2.24, 2.45) is 5.10 Å². The molecular weight excluding hydrogens is 738 g/mol. The molecule has 5 aromatic carbocycles. The van der Waals surface area contributed by atoms with E-state index in [2.05, 4.69) is 47.8 Å². The minimum atomic E-state index is -0.306. The molecule has 0 aliphatic heterocycles. The number of furan rings is 1. The van der Waals surface area contributed by atoms with Crippen molar-refractivity contribution in [1.29, 1.82) is 0 Å². The number of para-hydroxylation sites is 1. The van der Waals surface area contributed by atoms with Crippen molar-refractivity contribution in [1.82, 2.24) is 9.66 Å². The number of benzene rings is 5. The van der Waals surface area contributed by atoms with Crippen LogP contribution in [0.2, 0.25) is 0 Å². The summed E-state index contributed by atoms with van der Waals surface area (Å²) in [4.78, 5) is 18.7. The molecule has 0 atom stereocenters. The summed E-state index contributed by atoms with van der Waals surface area (Å²) in [5.41, 5.74) is 2.67. The summed E-state index contributed by atoms with van der Waals surface area (Å²) < 4.78 is 16.6. The molecular formula is C34H20Br3N3O3. The number of ether oxygens (including phenoxy) is 1. The van der Waals surface area contributed by atoms with Gasteiger partial charge < -0.3 is 9.15 Å². The van der Waals surface area contributed by atoms with Crippen molar-refractivity contribution in [2.75, 3.05) is 0 Å². The number of fused-ring (bicyclic) bond motifs is 3. The predicted molar refractivity (Wildman–Crippen MR) is 182 cm³/mol. The van der Waals surface area contributed by atoms with Gasteiger partial charge in [-0.1, -0.05) is 96.3 Å². The Labute approximate surface area is 271 Å². The van der Waals surface area contributed by atoms with Gasteiger partial charge in [0.15, 0.2) is 5.76 Å². The average Bonchev–Trinajstić information content (AvgIpc) is 3.43. The first-order valence-corrected chi connectivity index (χ1v) is 15.7. The number of hydrogen-bond acceptors (Lipinski definition) is 5. The summed E-state index contributed by atoms with van der Waals surface area (Å²) in [6.45, 7) is 0.338. The van der Waals surface area contributed by atoms with Crippen LogP contribution in [-0.4, -0.2) is 15.9 Å². The molecule has 0 unspecified atom stereocenters. The van der Waals surface area contributed by atoms with Crippen molar-refractivity contribution in [2.45, 2.75) is 6.61 Å². The molecule has 2 aromatic heterocycles. The lowest BCUT2D eigenvalue weighted by Gasteiger charge is -2.13. The van der Waals surface area contributed by atoms with Crippen molar-refractivity contribution in [3.63, 3.8) is 0 Å². The van der Waals surface area contributed by atoms with Gasteiger partial charge in [-0.2, -0.15) is 9.78 Å². The van der Waals surface area contributed by atoms with E-state index in [4.69, 9.17) is 19.2 Å². The zero-order valence-corrected chi connectivity index (χ0v) is 27.1. The van der Waals surface area contributed by atoms with Gasteiger partial charge in [-0.3, -0.25) is 4.79 Å². The zero-order chi connectivity index (χ0) is 29.5. The number of aromatic nitrogens is 2. The predicted octanol–water partition coefficient (Wildman–Crippen LogP) is 9.71. The molecule has 9 heteroatoms. The van der Waals surface area contributed by atoms with Crippen LogP contribution in [0.5, 0.6) is 5.75 Å². The van der Waals surface area contributed by atoms with Gasteiger partial charge in [0.25, 0.3) is 5.56 Å². The maximum Gasteiger partial charge on any atom is 0.282 e. The van der Waals surface area contributed by atoms with E-state index in [9.17, 15) is 4.79 Å². The summed E-state index contributed by atoms with van der Waals surface area (Å²) >= 11 is 10.6. The molecule has 0 aliphatic carbocycles. The molecule has 0 spiro atoms. The molecule has 0 aliphatic rings. The molecule has 0 saturated carbocycles. The first kappa shape index (κ1) is 27.8. The van der Waals surface area contributed by atoms with Crippen molar-refractivity contribution < 1.29 is 9.15 Å². The smallest absolute Gasteiger partial charge is 0.282 e. The van der Waals surface area contributed by atoms with Gasteiger partial charge >= 0.3 is 0 Å². The molecule has 2 heterocycles. The van der Waals surface area contributed by atoms with Crippen LogP contribution in [0.15, 0.2) is 131 Å². The second kappa shape index (κ2) is 11.6. The Morgan fingerprint density at radius 1 is 0.814 bits per heavy atom. The van der Waals surface area contributed by atoms with Crippen LogP contribution in [0.25, 0.3) is 44.2 Å². The molecule has 7 aromatic rings. The maximum atomic E-state index is 13.9. The first-order chi connectivity index (χ1) is 20.9. The van der Waals surface area contributed by atoms with Gasteiger partial charge in [-0.25, -0.2) is 4.98 Å². The molecule has 43 heavy (non-hydrogen) atoms. The fourth-order valence-corrected chi connectivity index (χ4v) is 6.50.